The molecule has 0 spiro atoms. The topological polar surface area (TPSA) is 73.8 Å². The summed E-state index contributed by atoms with van der Waals surface area (Å²) in [5, 5.41) is 5.97. The Morgan fingerprint density at radius 2 is 2.05 bits per heavy atom. The lowest BCUT2D eigenvalue weighted by Gasteiger charge is -2.09. The zero-order chi connectivity index (χ0) is 14.2. The van der Waals surface area contributed by atoms with Gasteiger partial charge in [-0.15, -0.1) is 5.10 Å². The number of benzene rings is 1. The number of carbonyl (C=O) groups excluding carboxylic acids is 1. The number of nitrogens with zero attached hydrogens (tertiary/aromatic N) is 3. The van der Waals surface area contributed by atoms with E-state index in [0.717, 1.165) is 16.8 Å². The number of carbonyl (C=O) groups is 1. The third-order valence-electron chi connectivity index (χ3n) is 2.31. The largest absolute Gasteiger partial charge is 0.416 e. The molecule has 0 aliphatic heterocycles. The second kappa shape index (κ2) is 4.54. The predicted octanol–water partition coefficient (Wildman–Crippen LogP) is 2.25. The van der Waals surface area contributed by atoms with Gasteiger partial charge in [0.2, 0.25) is 0 Å². The minimum Gasteiger partial charge on any atom is -0.382 e. The van der Waals surface area contributed by atoms with Crippen molar-refractivity contribution in [2.45, 2.75) is 6.18 Å². The molecule has 1 aromatic heterocycles. The van der Waals surface area contributed by atoms with E-state index in [9.17, 15) is 18.0 Å². The van der Waals surface area contributed by atoms with Gasteiger partial charge in [0.25, 0.3) is 5.24 Å². The number of rotatable bonds is 2. The van der Waals surface area contributed by atoms with Gasteiger partial charge in [-0.05, 0) is 29.8 Å². The summed E-state index contributed by atoms with van der Waals surface area (Å²) in [7, 11) is 0. The maximum Gasteiger partial charge on any atom is 0.416 e. The summed E-state index contributed by atoms with van der Waals surface area (Å²) in [4.78, 5) is 10.9. The molecule has 0 bridgehead atoms. The fourth-order valence-electron chi connectivity index (χ4n) is 1.43. The number of alkyl halides is 3. The smallest absolute Gasteiger partial charge is 0.382 e. The number of anilines is 1. The zero-order valence-corrected chi connectivity index (χ0v) is 9.90. The maximum atomic E-state index is 12.6. The van der Waals surface area contributed by atoms with Crippen molar-refractivity contribution in [1.82, 2.24) is 15.0 Å². The van der Waals surface area contributed by atoms with Crippen molar-refractivity contribution < 1.29 is 18.0 Å². The number of aromatic nitrogens is 3. The third kappa shape index (κ3) is 2.53. The van der Waals surface area contributed by atoms with Gasteiger partial charge in [0.15, 0.2) is 11.5 Å². The molecule has 0 radical (unpaired) electrons. The van der Waals surface area contributed by atoms with Crippen LogP contribution in [0.3, 0.4) is 0 Å². The highest BCUT2D eigenvalue weighted by molar-refractivity contribution is 6.67. The molecule has 0 saturated heterocycles. The quantitative estimate of drug-likeness (QED) is 0.861. The Kier molecular flexibility index (Phi) is 3.19. The van der Waals surface area contributed by atoms with Crippen LogP contribution in [0.4, 0.5) is 19.0 Å². The van der Waals surface area contributed by atoms with E-state index in [4.69, 9.17) is 17.3 Å². The molecule has 1 heterocycles. The first-order valence-corrected chi connectivity index (χ1v) is 5.27. The van der Waals surface area contributed by atoms with E-state index in [-0.39, 0.29) is 17.2 Å². The van der Waals surface area contributed by atoms with Crippen molar-refractivity contribution in [2.24, 2.45) is 0 Å². The molecule has 0 unspecified atom stereocenters. The van der Waals surface area contributed by atoms with Crippen LogP contribution in [-0.2, 0) is 6.18 Å². The summed E-state index contributed by atoms with van der Waals surface area (Å²) in [6, 6.07) is 4.29. The van der Waals surface area contributed by atoms with E-state index < -0.39 is 17.0 Å². The lowest BCUT2D eigenvalue weighted by atomic mass is 10.2. The molecule has 19 heavy (non-hydrogen) atoms. The van der Waals surface area contributed by atoms with Crippen LogP contribution in [0.25, 0.3) is 5.69 Å². The Bertz CT molecular complexity index is 638. The molecular formula is C10H6ClF3N4O. The number of hydrogen-bond donors (Lipinski definition) is 1. The summed E-state index contributed by atoms with van der Waals surface area (Å²) >= 11 is 5.20. The molecule has 1 aromatic carbocycles. The van der Waals surface area contributed by atoms with E-state index in [0.29, 0.717) is 0 Å². The molecule has 100 valence electrons. The Hall–Kier alpha value is -2.09. The van der Waals surface area contributed by atoms with E-state index in [1.165, 1.54) is 12.1 Å². The Morgan fingerprint density at radius 3 is 2.58 bits per heavy atom. The lowest BCUT2D eigenvalue weighted by Crippen LogP contribution is -2.08. The molecule has 5 nitrogen and oxygen atoms in total. The average Bonchev–Trinajstić information content (AvgIpc) is 2.70. The van der Waals surface area contributed by atoms with Crippen LogP contribution in [0.15, 0.2) is 24.3 Å². The predicted molar refractivity (Wildman–Crippen MR) is 61.0 cm³/mol. The molecule has 0 aliphatic rings. The van der Waals surface area contributed by atoms with Gasteiger partial charge in [-0.3, -0.25) is 4.79 Å². The summed E-state index contributed by atoms with van der Waals surface area (Å²) < 4.78 is 38.6. The van der Waals surface area contributed by atoms with Crippen LogP contribution in [0.1, 0.15) is 16.1 Å². The Balaban J connectivity index is 2.51. The van der Waals surface area contributed by atoms with Crippen molar-refractivity contribution in [1.29, 1.82) is 0 Å². The van der Waals surface area contributed by atoms with Crippen LogP contribution < -0.4 is 5.73 Å². The fourth-order valence-corrected chi connectivity index (χ4v) is 1.57. The van der Waals surface area contributed by atoms with E-state index in [1.54, 1.807) is 0 Å². The first-order chi connectivity index (χ1) is 8.80. The molecule has 0 atom stereocenters. The summed E-state index contributed by atoms with van der Waals surface area (Å²) in [6.45, 7) is 0. The third-order valence-corrected chi connectivity index (χ3v) is 2.49. The number of nitrogen functional groups attached to an aromatic ring is 1. The van der Waals surface area contributed by atoms with E-state index in [1.807, 2.05) is 0 Å². The Morgan fingerprint density at radius 1 is 1.37 bits per heavy atom. The van der Waals surface area contributed by atoms with Gasteiger partial charge in [0.1, 0.15) is 0 Å². The minimum absolute atomic E-state index is 0.0315. The van der Waals surface area contributed by atoms with Crippen LogP contribution >= 0.6 is 11.6 Å². The lowest BCUT2D eigenvalue weighted by molar-refractivity contribution is -0.137. The number of hydrogen-bond acceptors (Lipinski definition) is 4. The summed E-state index contributed by atoms with van der Waals surface area (Å²) in [5.41, 5.74) is 4.41. The highest BCUT2D eigenvalue weighted by atomic mass is 35.5. The fraction of sp³-hybridized carbons (Fsp3) is 0.100. The first-order valence-electron chi connectivity index (χ1n) is 4.89. The second-order valence-corrected chi connectivity index (χ2v) is 3.90. The SMILES string of the molecule is Nc1c(C(=O)Cl)nnn1-c1cccc(C(F)(F)F)c1. The van der Waals surface area contributed by atoms with Crippen LogP contribution in [0.2, 0.25) is 0 Å². The van der Waals surface area contributed by atoms with Crippen molar-refractivity contribution in [3.05, 3.63) is 35.5 Å². The highest BCUT2D eigenvalue weighted by Crippen LogP contribution is 2.30. The van der Waals surface area contributed by atoms with Gasteiger partial charge < -0.3 is 5.73 Å². The van der Waals surface area contributed by atoms with Gasteiger partial charge in [0, 0.05) is 0 Å². The van der Waals surface area contributed by atoms with E-state index >= 15 is 0 Å². The van der Waals surface area contributed by atoms with Crippen molar-refractivity contribution in [3.8, 4) is 5.69 Å². The number of nitrogens with two attached hydrogens (primary N) is 1. The molecule has 2 N–H and O–H groups in total. The maximum absolute atomic E-state index is 12.6. The molecule has 9 heteroatoms. The normalized spacial score (nSPS) is 11.6. The standard InChI is InChI=1S/C10H6ClF3N4O/c11-8(19)7-9(15)18(17-16-7)6-3-1-2-5(4-6)10(12,13)14/h1-4H,15H2. The average molecular weight is 291 g/mol. The van der Waals surface area contributed by atoms with Gasteiger partial charge >= 0.3 is 6.18 Å². The molecule has 2 rings (SSSR count). The Labute approximate surface area is 109 Å². The molecule has 0 aliphatic carbocycles. The molecule has 0 saturated carbocycles. The molecule has 0 amide bonds. The minimum atomic E-state index is -4.49. The van der Waals surface area contributed by atoms with Crippen molar-refractivity contribution in [3.63, 3.8) is 0 Å². The zero-order valence-electron chi connectivity index (χ0n) is 9.15. The van der Waals surface area contributed by atoms with Crippen LogP contribution in [0.5, 0.6) is 0 Å². The van der Waals surface area contributed by atoms with Gasteiger partial charge in [-0.1, -0.05) is 11.3 Å². The molecule has 2 aromatic rings. The van der Waals surface area contributed by atoms with Crippen molar-refractivity contribution >= 4 is 22.7 Å². The summed E-state index contributed by atoms with van der Waals surface area (Å²) in [6.07, 6.45) is -4.49. The van der Waals surface area contributed by atoms with Crippen LogP contribution in [0, 0.1) is 0 Å². The number of halogens is 4. The first kappa shape index (κ1) is 13.3. The molecule has 0 fully saturated rings. The van der Waals surface area contributed by atoms with Gasteiger partial charge in [0.05, 0.1) is 11.3 Å². The van der Waals surface area contributed by atoms with E-state index in [2.05, 4.69) is 10.3 Å². The van der Waals surface area contributed by atoms with Gasteiger partial charge in [-0.2, -0.15) is 17.9 Å². The van der Waals surface area contributed by atoms with Crippen LogP contribution in [-0.4, -0.2) is 20.2 Å². The van der Waals surface area contributed by atoms with Gasteiger partial charge in [-0.25, -0.2) is 0 Å². The van der Waals surface area contributed by atoms with Crippen molar-refractivity contribution in [2.75, 3.05) is 5.73 Å². The highest BCUT2D eigenvalue weighted by Gasteiger charge is 2.30. The summed E-state index contributed by atoms with van der Waals surface area (Å²) in [5.74, 6) is -0.223. The monoisotopic (exact) mass is 290 g/mol. The molecular weight excluding hydrogens is 285 g/mol. The second-order valence-electron chi connectivity index (χ2n) is 3.56.